The van der Waals surface area contributed by atoms with Crippen LogP contribution in [0.25, 0.3) is 0 Å². The summed E-state index contributed by atoms with van der Waals surface area (Å²) in [5.41, 5.74) is 28.4. The smallest absolute Gasteiger partial charge is 0.246 e. The number of aromatic hydroxyl groups is 1. The molecule has 0 aromatic heterocycles. The molecule has 426 valence electrons. The molecule has 0 radical (unpaired) electrons. The van der Waals surface area contributed by atoms with Crippen molar-refractivity contribution in [1.29, 1.82) is 0 Å². The minimum atomic E-state index is -1.91. The van der Waals surface area contributed by atoms with E-state index in [9.17, 15) is 67.4 Å². The van der Waals surface area contributed by atoms with Crippen molar-refractivity contribution in [2.24, 2.45) is 40.5 Å². The fraction of sp³-hybridized carbons (Fsp3) is 0.596. The number of benzene rings is 1. The Morgan fingerprint density at radius 2 is 1.25 bits per heavy atom. The van der Waals surface area contributed by atoms with Crippen LogP contribution in [0.1, 0.15) is 84.6 Å². The van der Waals surface area contributed by atoms with Gasteiger partial charge in [0.2, 0.25) is 76.8 Å². The maximum atomic E-state index is 14.6. The molecule has 30 heteroatoms. The Balaban J connectivity index is 2.13. The molecule has 1 aromatic rings. The first-order chi connectivity index (χ1) is 36.2. The van der Waals surface area contributed by atoms with Crippen LogP contribution in [-0.4, -0.2) is 166 Å². The molecule has 3 rings (SSSR count). The number of carbonyl (C=O) groups excluding carboxylic acids is 13. The molecule has 2 saturated heterocycles. The van der Waals surface area contributed by atoms with E-state index in [0.717, 1.165) is 21.6 Å². The average molecular weight is 1120 g/mol. The third kappa shape index (κ3) is 21.4. The lowest BCUT2D eigenvalue weighted by Gasteiger charge is -2.31. The summed E-state index contributed by atoms with van der Waals surface area (Å²) in [6, 6.07) is -7.82. The summed E-state index contributed by atoms with van der Waals surface area (Å²) in [6.45, 7) is 6.39. The second kappa shape index (κ2) is 31.1. The zero-order chi connectivity index (χ0) is 57.7. The van der Waals surface area contributed by atoms with Gasteiger partial charge in [0.25, 0.3) is 0 Å². The van der Waals surface area contributed by atoms with Gasteiger partial charge in [-0.05, 0) is 55.2 Å². The lowest BCUT2D eigenvalue weighted by molar-refractivity contribution is -0.142. The van der Waals surface area contributed by atoms with E-state index in [2.05, 4.69) is 42.5 Å². The molecule has 13 amide bonds. The van der Waals surface area contributed by atoms with Crippen LogP contribution in [0, 0.1) is 11.8 Å². The minimum absolute atomic E-state index is 0.0112. The van der Waals surface area contributed by atoms with E-state index in [0.29, 0.717) is 12.0 Å². The predicted molar refractivity (Wildman–Crippen MR) is 280 cm³/mol. The van der Waals surface area contributed by atoms with Gasteiger partial charge < -0.3 is 81.2 Å². The maximum Gasteiger partial charge on any atom is 0.246 e. The number of rotatable bonds is 19. The number of phenols is 1. The highest BCUT2D eigenvalue weighted by Crippen LogP contribution is 2.26. The highest BCUT2D eigenvalue weighted by atomic mass is 33.1. The topological polar surface area (TPSA) is 472 Å². The largest absolute Gasteiger partial charge is 0.508 e. The highest BCUT2D eigenvalue weighted by molar-refractivity contribution is 8.76. The average Bonchev–Trinajstić information content (AvgIpc) is 3.85. The maximum absolute atomic E-state index is 14.6. The van der Waals surface area contributed by atoms with Crippen molar-refractivity contribution >= 4 is 98.4 Å². The molecule has 2 fully saturated rings. The van der Waals surface area contributed by atoms with Crippen LogP contribution >= 0.6 is 21.6 Å². The van der Waals surface area contributed by atoms with Crippen LogP contribution in [0.2, 0.25) is 0 Å². The standard InChI is InChI=1S/C47H72N14O14S2/c1-5-23(4)38-46(74)54-27(12-13-34(49)63)41(69)56-30(17-35(50)64)42(70)57-31(18-36(51)65)43(71)59-32(21-77-76-20-26(48)39(67)55-29(44(72)60-38)16-24-8-10-25(62)11-9-24)47(75)61-14-6-7-33(61)45(73)58-28(15-22(2)3)40(68)53-19-37(52)66/h8-11,22-23,26-33,38,62H,5-7,12-21,48H2,1-4H3,(H2,49,63)(H2,50,64)(H2,51,65)(H2,52,66)(H,53,68)(H,54,74)(H,55,67)(H,56,69)(H,57,70)(H,58,73)(H,59,71)(H,60,72)/t23-,26-,27-,28-,29-,30-,31-,32-,33-,38-/m0/s1. The second-order valence-electron chi connectivity index (χ2n) is 19.1. The number of nitrogens with one attached hydrogen (secondary N) is 8. The van der Waals surface area contributed by atoms with Gasteiger partial charge in [0, 0.05) is 30.9 Å². The summed E-state index contributed by atoms with van der Waals surface area (Å²) in [5.74, 6) is -13.9. The summed E-state index contributed by atoms with van der Waals surface area (Å²) in [5, 5.41) is 29.7. The minimum Gasteiger partial charge on any atom is -0.508 e. The molecule has 10 atom stereocenters. The predicted octanol–water partition coefficient (Wildman–Crippen LogP) is -5.25. The SMILES string of the molecule is CC[C@H](C)[C@@H]1NC(=O)[C@H](Cc2ccc(O)cc2)NC(=O)[C@@H](N)CSSC[C@@H](C(=O)N2CCC[C@H]2C(=O)N[C@@H](CC(C)C)C(=O)NCC(N)=O)NC(=O)[C@H](CC(N)=O)NC(=O)[C@H](CC(N)=O)NC(=O)[C@H](CCC(N)=O)NC1=O. The van der Waals surface area contributed by atoms with Gasteiger partial charge >= 0.3 is 0 Å². The Morgan fingerprint density at radius 3 is 1.81 bits per heavy atom. The van der Waals surface area contributed by atoms with Crippen molar-refractivity contribution in [3.8, 4) is 5.75 Å². The van der Waals surface area contributed by atoms with E-state index in [1.807, 2.05) is 0 Å². The van der Waals surface area contributed by atoms with Gasteiger partial charge in [-0.25, -0.2) is 0 Å². The first-order valence-electron chi connectivity index (χ1n) is 24.8. The zero-order valence-corrected chi connectivity index (χ0v) is 44.9. The Hall–Kier alpha value is -7.21. The number of hydrogen-bond acceptors (Lipinski definition) is 17. The summed E-state index contributed by atoms with van der Waals surface area (Å²) in [4.78, 5) is 175. The van der Waals surface area contributed by atoms with Crippen molar-refractivity contribution in [2.75, 3.05) is 24.6 Å². The van der Waals surface area contributed by atoms with Crippen LogP contribution in [0.15, 0.2) is 24.3 Å². The van der Waals surface area contributed by atoms with Gasteiger partial charge in [0.1, 0.15) is 54.1 Å². The first-order valence-corrected chi connectivity index (χ1v) is 27.3. The fourth-order valence-electron chi connectivity index (χ4n) is 8.03. The van der Waals surface area contributed by atoms with Crippen LogP contribution in [-0.2, 0) is 68.7 Å². The summed E-state index contributed by atoms with van der Waals surface area (Å²) in [6.07, 6.45) is -2.14. The number of likely N-dealkylation sites (tertiary alicyclic amines) is 1. The van der Waals surface area contributed by atoms with Crippen molar-refractivity contribution in [1.82, 2.24) is 47.4 Å². The summed E-state index contributed by atoms with van der Waals surface area (Å²) in [7, 11) is 1.91. The highest BCUT2D eigenvalue weighted by Gasteiger charge is 2.41. The molecule has 2 aliphatic rings. The number of nitrogens with two attached hydrogens (primary N) is 5. The van der Waals surface area contributed by atoms with Crippen LogP contribution < -0.4 is 71.2 Å². The molecular formula is C47H72N14O14S2. The van der Waals surface area contributed by atoms with E-state index < -0.39 is 169 Å². The summed E-state index contributed by atoms with van der Waals surface area (Å²) >= 11 is 0. The van der Waals surface area contributed by atoms with Gasteiger partial charge in [0.15, 0.2) is 0 Å². The van der Waals surface area contributed by atoms with E-state index in [1.54, 1.807) is 27.7 Å². The molecule has 0 aliphatic carbocycles. The number of hydrogen-bond donors (Lipinski definition) is 14. The molecule has 0 unspecified atom stereocenters. The van der Waals surface area contributed by atoms with Gasteiger partial charge in [-0.1, -0.05) is 67.8 Å². The molecule has 0 bridgehead atoms. The fourth-order valence-corrected chi connectivity index (χ4v) is 10.3. The van der Waals surface area contributed by atoms with E-state index >= 15 is 0 Å². The Bertz CT molecular complexity index is 2350. The van der Waals surface area contributed by atoms with E-state index in [1.165, 1.54) is 29.2 Å². The molecule has 1 aromatic carbocycles. The third-order valence-corrected chi connectivity index (χ3v) is 14.8. The van der Waals surface area contributed by atoms with Gasteiger partial charge in [0.05, 0.1) is 25.4 Å². The van der Waals surface area contributed by atoms with Crippen LogP contribution in [0.4, 0.5) is 0 Å². The lowest BCUT2D eigenvalue weighted by Crippen LogP contribution is -2.61. The molecule has 28 nitrogen and oxygen atoms in total. The quantitative estimate of drug-likeness (QED) is 0.0576. The summed E-state index contributed by atoms with van der Waals surface area (Å²) < 4.78 is 0. The van der Waals surface area contributed by atoms with Gasteiger partial charge in [-0.15, -0.1) is 0 Å². The number of carbonyl (C=O) groups is 13. The van der Waals surface area contributed by atoms with Crippen molar-refractivity contribution in [3.63, 3.8) is 0 Å². The number of amides is 13. The van der Waals surface area contributed by atoms with Crippen molar-refractivity contribution in [2.45, 2.75) is 140 Å². The van der Waals surface area contributed by atoms with Crippen molar-refractivity contribution in [3.05, 3.63) is 29.8 Å². The molecule has 0 spiro atoms. The molecular weight excluding hydrogens is 1050 g/mol. The van der Waals surface area contributed by atoms with Crippen molar-refractivity contribution < 1.29 is 67.4 Å². The number of phenolic OH excluding ortho intramolecular Hbond substituents is 1. The number of nitrogens with zero attached hydrogens (tertiary/aromatic N) is 1. The second-order valence-corrected chi connectivity index (χ2v) is 21.7. The Labute approximate surface area is 452 Å². The number of primary amides is 4. The first kappa shape index (κ1) is 64.1. The van der Waals surface area contributed by atoms with Crippen LogP contribution in [0.5, 0.6) is 5.75 Å². The molecule has 77 heavy (non-hydrogen) atoms. The molecule has 2 heterocycles. The third-order valence-electron chi connectivity index (χ3n) is 12.3. The van der Waals surface area contributed by atoms with Gasteiger partial charge in [-0.2, -0.15) is 0 Å². The molecule has 19 N–H and O–H groups in total. The zero-order valence-electron chi connectivity index (χ0n) is 43.3. The van der Waals surface area contributed by atoms with Gasteiger partial charge in [-0.3, -0.25) is 62.3 Å². The molecule has 0 saturated carbocycles. The Morgan fingerprint density at radius 1 is 0.701 bits per heavy atom. The van der Waals surface area contributed by atoms with E-state index in [4.69, 9.17) is 28.7 Å². The lowest BCUT2D eigenvalue weighted by atomic mass is 9.96. The monoisotopic (exact) mass is 1120 g/mol. The molecule has 2 aliphatic heterocycles. The van der Waals surface area contributed by atoms with Crippen LogP contribution in [0.3, 0.4) is 0 Å². The Kier molecular flexibility index (Phi) is 25.9. The van der Waals surface area contributed by atoms with E-state index in [-0.39, 0.29) is 55.4 Å². The normalized spacial score (nSPS) is 24.3.